The van der Waals surface area contributed by atoms with Crippen LogP contribution in [0.25, 0.3) is 0 Å². The van der Waals surface area contributed by atoms with E-state index in [1.165, 1.54) is 0 Å². The van der Waals surface area contributed by atoms with Crippen molar-refractivity contribution in [1.82, 2.24) is 10.0 Å². The van der Waals surface area contributed by atoms with Crippen LogP contribution in [0.15, 0.2) is 18.2 Å². The molecule has 4 nitrogen and oxygen atoms in total. The van der Waals surface area contributed by atoms with Crippen molar-refractivity contribution in [3.05, 3.63) is 35.4 Å². The largest absolute Gasteiger partial charge is 0.343 e. The van der Waals surface area contributed by atoms with Gasteiger partial charge in [-0.3, -0.25) is 14.3 Å². The van der Waals surface area contributed by atoms with Gasteiger partial charge >= 0.3 is 0 Å². The molecule has 2 N–H and O–H groups in total. The van der Waals surface area contributed by atoms with Crippen molar-refractivity contribution in [3.63, 3.8) is 0 Å². The first-order valence-corrected chi connectivity index (χ1v) is 5.80. The van der Waals surface area contributed by atoms with Gasteiger partial charge in [-0.25, -0.2) is 8.78 Å². The zero-order valence-electron chi connectivity index (χ0n) is 8.87. The van der Waals surface area contributed by atoms with Gasteiger partial charge in [0.2, 0.25) is 6.41 Å². The molecule has 7 heteroatoms. The number of amides is 2. The second kappa shape index (κ2) is 6.19. The van der Waals surface area contributed by atoms with Crippen molar-refractivity contribution in [1.29, 1.82) is 0 Å². The van der Waals surface area contributed by atoms with Crippen molar-refractivity contribution in [2.75, 3.05) is 6.26 Å². The number of carbonyl (C=O) groups excluding carboxylic acids is 2. The van der Waals surface area contributed by atoms with E-state index >= 15 is 0 Å². The Balaban J connectivity index is 3.04. The average molecular weight is 260 g/mol. The third kappa shape index (κ3) is 3.42. The van der Waals surface area contributed by atoms with Gasteiger partial charge < -0.3 is 5.32 Å². The molecule has 0 aliphatic rings. The molecule has 0 unspecified atom stereocenters. The van der Waals surface area contributed by atoms with Crippen molar-refractivity contribution < 1.29 is 18.4 Å². The van der Waals surface area contributed by atoms with E-state index in [4.69, 9.17) is 0 Å². The molecule has 1 rings (SSSR count). The highest BCUT2D eigenvalue weighted by Crippen LogP contribution is 2.18. The monoisotopic (exact) mass is 260 g/mol. The SMILES string of the molecule is CSNC(=O)[C@@H](NC=O)c1ccc(F)cc1F. The Hall–Kier alpha value is -1.63. The van der Waals surface area contributed by atoms with E-state index in [0.29, 0.717) is 6.07 Å². The maximum Gasteiger partial charge on any atom is 0.257 e. The maximum absolute atomic E-state index is 13.4. The van der Waals surface area contributed by atoms with Gasteiger partial charge in [0, 0.05) is 17.9 Å². The van der Waals surface area contributed by atoms with E-state index in [1.807, 2.05) is 0 Å². The number of halogens is 2. The second-order valence-electron chi connectivity index (χ2n) is 3.05. The average Bonchev–Trinajstić information content (AvgIpc) is 2.27. The molecule has 1 aromatic rings. The molecule has 0 fully saturated rings. The van der Waals surface area contributed by atoms with E-state index in [0.717, 1.165) is 24.1 Å². The van der Waals surface area contributed by atoms with Gasteiger partial charge in [0.05, 0.1) is 0 Å². The number of carbonyl (C=O) groups is 2. The third-order valence-corrected chi connectivity index (χ3v) is 2.38. The van der Waals surface area contributed by atoms with Crippen LogP contribution in [0.1, 0.15) is 11.6 Å². The summed E-state index contributed by atoms with van der Waals surface area (Å²) in [4.78, 5) is 21.9. The number of nitrogens with one attached hydrogen (secondary N) is 2. The van der Waals surface area contributed by atoms with Crippen LogP contribution in [0.4, 0.5) is 8.78 Å². The van der Waals surface area contributed by atoms with Gasteiger partial charge in [0.15, 0.2) is 0 Å². The quantitative estimate of drug-likeness (QED) is 0.616. The van der Waals surface area contributed by atoms with Crippen LogP contribution in [-0.4, -0.2) is 18.6 Å². The fourth-order valence-electron chi connectivity index (χ4n) is 1.27. The van der Waals surface area contributed by atoms with Crippen molar-refractivity contribution in [3.8, 4) is 0 Å². The number of rotatable bonds is 5. The molecule has 0 heterocycles. The second-order valence-corrected chi connectivity index (χ2v) is 3.67. The van der Waals surface area contributed by atoms with E-state index in [-0.39, 0.29) is 12.0 Å². The molecule has 1 atom stereocenters. The fourth-order valence-corrected chi connectivity index (χ4v) is 1.59. The summed E-state index contributed by atoms with van der Waals surface area (Å²) >= 11 is 1.02. The molecule has 0 aliphatic heterocycles. The highest BCUT2D eigenvalue weighted by atomic mass is 32.2. The topological polar surface area (TPSA) is 58.2 Å². The molecule has 1 aromatic carbocycles. The Bertz CT molecular complexity index is 429. The van der Waals surface area contributed by atoms with Gasteiger partial charge in [0.1, 0.15) is 17.7 Å². The minimum atomic E-state index is -1.18. The van der Waals surface area contributed by atoms with Crippen LogP contribution in [0.2, 0.25) is 0 Å². The Labute approximate surface area is 101 Å². The van der Waals surface area contributed by atoms with Crippen LogP contribution >= 0.6 is 11.9 Å². The zero-order valence-corrected chi connectivity index (χ0v) is 9.68. The lowest BCUT2D eigenvalue weighted by Gasteiger charge is -2.15. The molecule has 92 valence electrons. The van der Waals surface area contributed by atoms with Crippen LogP contribution in [0.5, 0.6) is 0 Å². The van der Waals surface area contributed by atoms with Gasteiger partial charge in [-0.1, -0.05) is 18.0 Å². The lowest BCUT2D eigenvalue weighted by molar-refractivity contribution is -0.123. The predicted octanol–water partition coefficient (Wildman–Crippen LogP) is 1.15. The van der Waals surface area contributed by atoms with Gasteiger partial charge in [-0.2, -0.15) is 0 Å². The van der Waals surface area contributed by atoms with Crippen molar-refractivity contribution >= 4 is 24.3 Å². The Morgan fingerprint density at radius 3 is 2.71 bits per heavy atom. The molecule has 2 amide bonds. The Morgan fingerprint density at radius 1 is 1.47 bits per heavy atom. The molecule has 0 aliphatic carbocycles. The zero-order chi connectivity index (χ0) is 12.8. The smallest absolute Gasteiger partial charge is 0.257 e. The minimum Gasteiger partial charge on any atom is -0.343 e. The molecule has 0 radical (unpaired) electrons. The molecule has 0 saturated carbocycles. The summed E-state index contributed by atoms with van der Waals surface area (Å²) in [6.45, 7) is 0. The lowest BCUT2D eigenvalue weighted by atomic mass is 10.1. The highest BCUT2D eigenvalue weighted by molar-refractivity contribution is 7.97. The summed E-state index contributed by atoms with van der Waals surface area (Å²) in [6.07, 6.45) is 1.89. The molecule has 0 aromatic heterocycles. The summed E-state index contributed by atoms with van der Waals surface area (Å²) in [7, 11) is 0. The van der Waals surface area contributed by atoms with Crippen LogP contribution in [-0.2, 0) is 9.59 Å². The number of hydrogen-bond acceptors (Lipinski definition) is 3. The van der Waals surface area contributed by atoms with Crippen molar-refractivity contribution in [2.24, 2.45) is 0 Å². The van der Waals surface area contributed by atoms with Gasteiger partial charge in [0.25, 0.3) is 5.91 Å². The first-order chi connectivity index (χ1) is 8.10. The van der Waals surface area contributed by atoms with E-state index in [9.17, 15) is 18.4 Å². The summed E-state index contributed by atoms with van der Waals surface area (Å²) < 4.78 is 28.5. The van der Waals surface area contributed by atoms with E-state index in [2.05, 4.69) is 10.0 Å². The molecule has 0 spiro atoms. The molecule has 0 bridgehead atoms. The number of benzene rings is 1. The van der Waals surface area contributed by atoms with E-state index < -0.39 is 23.6 Å². The van der Waals surface area contributed by atoms with E-state index in [1.54, 1.807) is 6.26 Å². The maximum atomic E-state index is 13.4. The van der Waals surface area contributed by atoms with Gasteiger partial charge in [-0.05, 0) is 6.07 Å². The van der Waals surface area contributed by atoms with Crippen LogP contribution in [0, 0.1) is 11.6 Å². The molecular weight excluding hydrogens is 250 g/mol. The molecular formula is C10H10F2N2O2S. The molecule has 0 saturated heterocycles. The lowest BCUT2D eigenvalue weighted by Crippen LogP contribution is -2.34. The van der Waals surface area contributed by atoms with Crippen LogP contribution < -0.4 is 10.0 Å². The third-order valence-electron chi connectivity index (χ3n) is 1.97. The van der Waals surface area contributed by atoms with Gasteiger partial charge in [-0.15, -0.1) is 0 Å². The standard InChI is InChI=1S/C10H10F2N2O2S/c1-17-14-10(16)9(13-5-15)7-3-2-6(11)4-8(7)12/h2-5,9H,1H3,(H,13,15)(H,14,16)/t9-/m0/s1. The fraction of sp³-hybridized carbons (Fsp3) is 0.200. The Kier molecular flexibility index (Phi) is 4.89. The summed E-state index contributed by atoms with van der Waals surface area (Å²) in [5, 5.41) is 2.18. The normalized spacial score (nSPS) is 11.7. The predicted molar refractivity (Wildman–Crippen MR) is 60.0 cm³/mol. The van der Waals surface area contributed by atoms with Crippen LogP contribution in [0.3, 0.4) is 0 Å². The van der Waals surface area contributed by atoms with Crippen molar-refractivity contribution in [2.45, 2.75) is 6.04 Å². The molecule has 17 heavy (non-hydrogen) atoms. The number of hydrogen-bond donors (Lipinski definition) is 2. The summed E-state index contributed by atoms with van der Waals surface area (Å²) in [5.41, 5.74) is -0.0925. The summed E-state index contributed by atoms with van der Waals surface area (Å²) in [5.74, 6) is -2.22. The highest BCUT2D eigenvalue weighted by Gasteiger charge is 2.23. The minimum absolute atomic E-state index is 0.0925. The first-order valence-electron chi connectivity index (χ1n) is 4.57. The Morgan fingerprint density at radius 2 is 2.18 bits per heavy atom. The summed E-state index contributed by atoms with van der Waals surface area (Å²) in [6, 6.07) is 1.61. The first kappa shape index (κ1) is 13.4.